The number of nitrogens with two attached hydrogens (primary N) is 1. The Hall–Kier alpha value is -1.13. The smallest absolute Gasteiger partial charge is 0.128 e. The predicted molar refractivity (Wildman–Crippen MR) is 73.5 cm³/mol. The van der Waals surface area contributed by atoms with Crippen LogP contribution in [0.5, 0.6) is 0 Å². The zero-order chi connectivity index (χ0) is 13.1. The Bertz CT molecular complexity index is 408. The lowest BCUT2D eigenvalue weighted by Gasteiger charge is -2.39. The number of benzene rings is 1. The molecule has 18 heavy (non-hydrogen) atoms. The summed E-state index contributed by atoms with van der Waals surface area (Å²) >= 11 is 0. The van der Waals surface area contributed by atoms with E-state index < -0.39 is 0 Å². The van der Waals surface area contributed by atoms with Crippen molar-refractivity contribution in [2.75, 3.05) is 38.1 Å². The van der Waals surface area contributed by atoms with Crippen LogP contribution in [0.15, 0.2) is 18.2 Å². The first kappa shape index (κ1) is 13.3. The molecule has 1 fully saturated rings. The fourth-order valence-electron chi connectivity index (χ4n) is 2.50. The molecule has 0 aromatic heterocycles. The van der Waals surface area contributed by atoms with Crippen molar-refractivity contribution >= 4 is 5.69 Å². The van der Waals surface area contributed by atoms with E-state index in [1.54, 1.807) is 6.07 Å². The third-order valence-corrected chi connectivity index (χ3v) is 3.79. The second-order valence-corrected chi connectivity index (χ2v) is 5.05. The van der Waals surface area contributed by atoms with Crippen molar-refractivity contribution in [1.29, 1.82) is 0 Å². The topological polar surface area (TPSA) is 32.5 Å². The number of anilines is 1. The van der Waals surface area contributed by atoms with Gasteiger partial charge in [-0.2, -0.15) is 0 Å². The van der Waals surface area contributed by atoms with Crippen LogP contribution >= 0.6 is 0 Å². The van der Waals surface area contributed by atoms with Crippen molar-refractivity contribution in [2.45, 2.75) is 19.4 Å². The maximum absolute atomic E-state index is 13.9. The summed E-state index contributed by atoms with van der Waals surface area (Å²) in [5.41, 5.74) is 7.36. The monoisotopic (exact) mass is 251 g/mol. The number of halogens is 1. The van der Waals surface area contributed by atoms with Crippen LogP contribution in [0, 0.1) is 5.82 Å². The van der Waals surface area contributed by atoms with E-state index in [2.05, 4.69) is 23.8 Å². The van der Waals surface area contributed by atoms with Crippen LogP contribution in [0.2, 0.25) is 0 Å². The highest BCUT2D eigenvalue weighted by atomic mass is 19.1. The molecule has 0 radical (unpaired) electrons. The van der Waals surface area contributed by atoms with Gasteiger partial charge in [-0.05, 0) is 39.1 Å². The summed E-state index contributed by atoms with van der Waals surface area (Å²) < 4.78 is 13.9. The molecule has 1 aliphatic heterocycles. The minimum atomic E-state index is -0.135. The van der Waals surface area contributed by atoms with Gasteiger partial charge in [-0.3, -0.25) is 0 Å². The minimum absolute atomic E-state index is 0.135. The van der Waals surface area contributed by atoms with Gasteiger partial charge in [0, 0.05) is 36.9 Å². The summed E-state index contributed by atoms with van der Waals surface area (Å²) in [5, 5.41) is 0. The Morgan fingerprint density at radius 2 is 2.17 bits per heavy atom. The molecule has 3 nitrogen and oxygen atoms in total. The average Bonchev–Trinajstić information content (AvgIpc) is 2.35. The van der Waals surface area contributed by atoms with Crippen LogP contribution in [0.4, 0.5) is 10.1 Å². The van der Waals surface area contributed by atoms with Crippen molar-refractivity contribution in [2.24, 2.45) is 5.73 Å². The normalized spacial score (nSPS) is 21.3. The summed E-state index contributed by atoms with van der Waals surface area (Å²) in [5.74, 6) is -0.135. The van der Waals surface area contributed by atoms with Crippen LogP contribution in [0.25, 0.3) is 0 Å². The Morgan fingerprint density at radius 1 is 1.39 bits per heavy atom. The zero-order valence-corrected chi connectivity index (χ0v) is 11.2. The lowest BCUT2D eigenvalue weighted by atomic mass is 10.1. The van der Waals surface area contributed by atoms with Crippen molar-refractivity contribution in [3.8, 4) is 0 Å². The Kier molecular flexibility index (Phi) is 4.19. The molecular formula is C14H22FN3. The van der Waals surface area contributed by atoms with E-state index in [0.717, 1.165) is 30.9 Å². The van der Waals surface area contributed by atoms with E-state index in [4.69, 9.17) is 5.73 Å². The lowest BCUT2D eigenvalue weighted by molar-refractivity contribution is 0.234. The van der Waals surface area contributed by atoms with E-state index in [9.17, 15) is 4.39 Å². The number of hydrogen-bond acceptors (Lipinski definition) is 3. The van der Waals surface area contributed by atoms with Gasteiger partial charge >= 0.3 is 0 Å². The van der Waals surface area contributed by atoms with Crippen LogP contribution < -0.4 is 10.6 Å². The zero-order valence-electron chi connectivity index (χ0n) is 11.2. The summed E-state index contributed by atoms with van der Waals surface area (Å²) in [6, 6.07) is 5.81. The summed E-state index contributed by atoms with van der Waals surface area (Å²) in [4.78, 5) is 4.61. The molecule has 1 heterocycles. The van der Waals surface area contributed by atoms with Crippen molar-refractivity contribution in [1.82, 2.24) is 4.90 Å². The van der Waals surface area contributed by atoms with Gasteiger partial charge in [0.05, 0.1) is 0 Å². The highest BCUT2D eigenvalue weighted by Crippen LogP contribution is 2.25. The van der Waals surface area contributed by atoms with Gasteiger partial charge in [0.1, 0.15) is 5.82 Å². The second kappa shape index (κ2) is 5.67. The number of rotatable bonds is 3. The van der Waals surface area contributed by atoms with Gasteiger partial charge < -0.3 is 15.5 Å². The molecule has 0 saturated carbocycles. The van der Waals surface area contributed by atoms with E-state index in [1.165, 1.54) is 6.07 Å². The average molecular weight is 251 g/mol. The lowest BCUT2D eigenvalue weighted by Crippen LogP contribution is -2.50. The summed E-state index contributed by atoms with van der Waals surface area (Å²) in [6.07, 6.45) is 0.600. The van der Waals surface area contributed by atoms with Crippen molar-refractivity contribution in [3.05, 3.63) is 29.6 Å². The molecule has 0 amide bonds. The highest BCUT2D eigenvalue weighted by Gasteiger charge is 2.23. The van der Waals surface area contributed by atoms with Crippen LogP contribution in [0.1, 0.15) is 12.5 Å². The molecule has 2 N–H and O–H groups in total. The molecule has 1 saturated heterocycles. The molecule has 100 valence electrons. The molecule has 0 aliphatic carbocycles. The largest absolute Gasteiger partial charge is 0.368 e. The molecule has 2 rings (SSSR count). The number of likely N-dealkylation sites (N-methyl/N-ethyl adjacent to an activating group) is 1. The third kappa shape index (κ3) is 2.65. The van der Waals surface area contributed by atoms with Crippen LogP contribution in [-0.2, 0) is 6.42 Å². The van der Waals surface area contributed by atoms with E-state index in [1.807, 2.05) is 6.07 Å². The van der Waals surface area contributed by atoms with Crippen LogP contribution in [0.3, 0.4) is 0 Å². The SMILES string of the molecule is CC1CN(c2cccc(F)c2CCN)CCN1C. The number of nitrogens with zero attached hydrogens (tertiary/aromatic N) is 2. The molecule has 0 spiro atoms. The summed E-state index contributed by atoms with van der Waals surface area (Å²) in [6.45, 7) is 5.59. The molecular weight excluding hydrogens is 229 g/mol. The number of hydrogen-bond donors (Lipinski definition) is 1. The molecule has 4 heteroatoms. The van der Waals surface area contributed by atoms with E-state index in [0.29, 0.717) is 19.0 Å². The quantitative estimate of drug-likeness (QED) is 0.883. The molecule has 1 atom stereocenters. The highest BCUT2D eigenvalue weighted by molar-refractivity contribution is 5.55. The summed E-state index contributed by atoms with van der Waals surface area (Å²) in [7, 11) is 2.13. The van der Waals surface area contributed by atoms with Crippen LogP contribution in [-0.4, -0.2) is 44.2 Å². The molecule has 1 unspecified atom stereocenters. The Labute approximate surface area is 108 Å². The Balaban J connectivity index is 2.25. The molecule has 0 bridgehead atoms. The fourth-order valence-corrected chi connectivity index (χ4v) is 2.50. The van der Waals surface area contributed by atoms with Crippen molar-refractivity contribution in [3.63, 3.8) is 0 Å². The maximum atomic E-state index is 13.9. The Morgan fingerprint density at radius 3 is 2.83 bits per heavy atom. The van der Waals surface area contributed by atoms with Crippen molar-refractivity contribution < 1.29 is 4.39 Å². The first-order valence-electron chi connectivity index (χ1n) is 6.56. The predicted octanol–water partition coefficient (Wildman–Crippen LogP) is 1.47. The molecule has 1 aromatic rings. The first-order chi connectivity index (χ1) is 8.63. The van der Waals surface area contributed by atoms with E-state index >= 15 is 0 Å². The van der Waals surface area contributed by atoms with Gasteiger partial charge in [0.15, 0.2) is 0 Å². The fraction of sp³-hybridized carbons (Fsp3) is 0.571. The standard InChI is InChI=1S/C14H22FN3/c1-11-10-18(9-8-17(11)2)14-5-3-4-13(15)12(14)6-7-16/h3-5,11H,6-10,16H2,1-2H3. The number of piperazine rings is 1. The first-order valence-corrected chi connectivity index (χ1v) is 6.56. The molecule has 1 aliphatic rings. The minimum Gasteiger partial charge on any atom is -0.368 e. The van der Waals surface area contributed by atoms with Gasteiger partial charge in [-0.25, -0.2) is 4.39 Å². The third-order valence-electron chi connectivity index (χ3n) is 3.79. The molecule has 1 aromatic carbocycles. The van der Waals surface area contributed by atoms with E-state index in [-0.39, 0.29) is 5.82 Å². The van der Waals surface area contributed by atoms with Gasteiger partial charge in [-0.15, -0.1) is 0 Å². The van der Waals surface area contributed by atoms with Gasteiger partial charge in [-0.1, -0.05) is 6.07 Å². The second-order valence-electron chi connectivity index (χ2n) is 5.05. The van der Waals surface area contributed by atoms with Gasteiger partial charge in [0.2, 0.25) is 0 Å². The van der Waals surface area contributed by atoms with Gasteiger partial charge in [0.25, 0.3) is 0 Å². The maximum Gasteiger partial charge on any atom is 0.128 e.